The van der Waals surface area contributed by atoms with Gasteiger partial charge in [0.25, 0.3) is 0 Å². The van der Waals surface area contributed by atoms with Crippen molar-refractivity contribution in [2.75, 3.05) is 12.4 Å². The Morgan fingerprint density at radius 3 is 2.90 bits per heavy atom. The number of likely N-dealkylation sites (N-methyl/N-ethyl adjacent to an activating group) is 1. The number of rotatable bonds is 3. The van der Waals surface area contributed by atoms with Crippen molar-refractivity contribution in [2.24, 2.45) is 5.92 Å². The maximum atomic E-state index is 11.9. The topological polar surface area (TPSA) is 41.1 Å². The summed E-state index contributed by atoms with van der Waals surface area (Å²) in [5.74, 6) is 0.866. The van der Waals surface area contributed by atoms with Gasteiger partial charge in [-0.3, -0.25) is 4.79 Å². The first kappa shape index (κ1) is 15.4. The lowest BCUT2D eigenvalue weighted by molar-refractivity contribution is -0.117. The first-order chi connectivity index (χ1) is 10.1. The van der Waals surface area contributed by atoms with Crippen LogP contribution in [0.3, 0.4) is 0 Å². The monoisotopic (exact) mass is 368 g/mol. The summed E-state index contributed by atoms with van der Waals surface area (Å²) in [4.78, 5) is 13.2. The van der Waals surface area contributed by atoms with Gasteiger partial charge in [0.15, 0.2) is 0 Å². The second-order valence-electron chi connectivity index (χ2n) is 6.09. The third-order valence-corrected chi connectivity index (χ3v) is 6.68. The van der Waals surface area contributed by atoms with Crippen LogP contribution in [0.4, 0.5) is 5.69 Å². The number of anilines is 1. The molecule has 0 radical (unpaired) electrons. The predicted octanol–water partition coefficient (Wildman–Crippen LogP) is 4.33. The van der Waals surface area contributed by atoms with E-state index < -0.39 is 0 Å². The summed E-state index contributed by atoms with van der Waals surface area (Å²) < 4.78 is 1.10. The Morgan fingerprint density at radius 1 is 1.38 bits per heavy atom. The number of hydrogen-bond donors (Lipinski definition) is 2. The smallest absolute Gasteiger partial charge is 0.246 e. The molecule has 0 bridgehead atoms. The second-order valence-corrected chi connectivity index (χ2v) is 8.29. The summed E-state index contributed by atoms with van der Waals surface area (Å²) in [6.45, 7) is 2.35. The standard InChI is InChI=1S/C16H21BrN2OS/c1-9-4-3-5-10(6-9)21-14-8-13-11(7-12(14)17)15(18-2)16(20)19-13/h7-10,15,18H,3-6H2,1-2H3,(H,19,20). The number of thioether (sulfide) groups is 1. The van der Waals surface area contributed by atoms with Gasteiger partial charge in [-0.1, -0.05) is 19.8 Å². The molecule has 3 nitrogen and oxygen atoms in total. The number of nitrogens with one attached hydrogen (secondary N) is 2. The zero-order valence-electron chi connectivity index (χ0n) is 12.4. The van der Waals surface area contributed by atoms with Crippen LogP contribution in [0.25, 0.3) is 0 Å². The zero-order valence-corrected chi connectivity index (χ0v) is 14.8. The van der Waals surface area contributed by atoms with Crippen LogP contribution in [0.5, 0.6) is 0 Å². The van der Waals surface area contributed by atoms with Gasteiger partial charge in [0, 0.05) is 25.9 Å². The van der Waals surface area contributed by atoms with Crippen LogP contribution >= 0.6 is 27.7 Å². The average Bonchev–Trinajstić information content (AvgIpc) is 2.74. The lowest BCUT2D eigenvalue weighted by Gasteiger charge is -2.26. The molecule has 1 saturated carbocycles. The molecule has 1 fully saturated rings. The first-order valence-corrected chi connectivity index (χ1v) is 9.24. The third-order valence-electron chi connectivity index (χ3n) is 4.41. The number of hydrogen-bond acceptors (Lipinski definition) is 3. The Morgan fingerprint density at radius 2 is 2.19 bits per heavy atom. The summed E-state index contributed by atoms with van der Waals surface area (Å²) in [5, 5.41) is 6.74. The minimum absolute atomic E-state index is 0.0350. The van der Waals surface area contributed by atoms with E-state index in [0.717, 1.165) is 21.6 Å². The van der Waals surface area contributed by atoms with Crippen molar-refractivity contribution in [2.45, 2.75) is 48.8 Å². The third kappa shape index (κ3) is 3.15. The summed E-state index contributed by atoms with van der Waals surface area (Å²) in [6.07, 6.45) is 5.28. The van der Waals surface area contributed by atoms with Crippen molar-refractivity contribution in [1.29, 1.82) is 0 Å². The molecule has 1 aliphatic heterocycles. The van der Waals surface area contributed by atoms with Crippen LogP contribution in [0.15, 0.2) is 21.5 Å². The molecule has 21 heavy (non-hydrogen) atoms. The molecule has 0 aromatic heterocycles. The maximum Gasteiger partial charge on any atom is 0.246 e. The number of fused-ring (bicyclic) bond motifs is 1. The fourth-order valence-electron chi connectivity index (χ4n) is 3.30. The molecule has 0 spiro atoms. The van der Waals surface area contributed by atoms with Gasteiger partial charge in [-0.05, 0) is 53.9 Å². The largest absolute Gasteiger partial charge is 0.324 e. The van der Waals surface area contributed by atoms with Gasteiger partial charge in [-0.25, -0.2) is 0 Å². The van der Waals surface area contributed by atoms with Crippen LogP contribution in [0.2, 0.25) is 0 Å². The molecule has 1 aliphatic carbocycles. The van der Waals surface area contributed by atoms with Gasteiger partial charge >= 0.3 is 0 Å². The van der Waals surface area contributed by atoms with Crippen molar-refractivity contribution >= 4 is 39.3 Å². The number of carbonyl (C=O) groups excluding carboxylic acids is 1. The molecule has 1 aromatic carbocycles. The molecule has 1 heterocycles. The molecule has 1 aromatic rings. The fourth-order valence-corrected chi connectivity index (χ4v) is 5.37. The zero-order chi connectivity index (χ0) is 15.0. The highest BCUT2D eigenvalue weighted by Crippen LogP contribution is 2.43. The van der Waals surface area contributed by atoms with E-state index >= 15 is 0 Å². The number of halogens is 1. The molecule has 3 rings (SSSR count). The van der Waals surface area contributed by atoms with E-state index in [1.54, 1.807) is 0 Å². The predicted molar refractivity (Wildman–Crippen MR) is 91.8 cm³/mol. The van der Waals surface area contributed by atoms with Crippen molar-refractivity contribution in [3.05, 3.63) is 22.2 Å². The SMILES string of the molecule is CNC1C(=O)Nc2cc(SC3CCCC(C)C3)c(Br)cc21. The average molecular weight is 369 g/mol. The van der Waals surface area contributed by atoms with Gasteiger partial charge < -0.3 is 10.6 Å². The Bertz CT molecular complexity index is 563. The van der Waals surface area contributed by atoms with Crippen LogP contribution in [-0.4, -0.2) is 18.2 Å². The van der Waals surface area contributed by atoms with E-state index in [4.69, 9.17) is 0 Å². The summed E-state index contributed by atoms with van der Waals surface area (Å²) in [7, 11) is 1.82. The molecular weight excluding hydrogens is 348 g/mol. The minimum atomic E-state index is -0.231. The van der Waals surface area contributed by atoms with Gasteiger partial charge in [-0.15, -0.1) is 11.8 Å². The van der Waals surface area contributed by atoms with E-state index in [9.17, 15) is 4.79 Å². The van der Waals surface area contributed by atoms with Crippen molar-refractivity contribution < 1.29 is 4.79 Å². The Kier molecular flexibility index (Phi) is 4.62. The fraction of sp³-hybridized carbons (Fsp3) is 0.562. The van der Waals surface area contributed by atoms with Crippen LogP contribution < -0.4 is 10.6 Å². The highest BCUT2D eigenvalue weighted by atomic mass is 79.9. The minimum Gasteiger partial charge on any atom is -0.324 e. The van der Waals surface area contributed by atoms with Gasteiger partial charge in [0.2, 0.25) is 5.91 Å². The van der Waals surface area contributed by atoms with Crippen LogP contribution in [0.1, 0.15) is 44.2 Å². The van der Waals surface area contributed by atoms with Crippen LogP contribution in [0, 0.1) is 5.92 Å². The second kappa shape index (κ2) is 6.31. The lowest BCUT2D eigenvalue weighted by Crippen LogP contribution is -2.23. The summed E-state index contributed by atoms with van der Waals surface area (Å²) in [6, 6.07) is 3.98. The number of benzene rings is 1. The lowest BCUT2D eigenvalue weighted by atomic mass is 9.91. The van der Waals surface area contributed by atoms with E-state index in [1.807, 2.05) is 18.8 Å². The Balaban J connectivity index is 1.81. The van der Waals surface area contributed by atoms with Crippen molar-refractivity contribution in [3.8, 4) is 0 Å². The summed E-state index contributed by atoms with van der Waals surface area (Å²) >= 11 is 5.63. The van der Waals surface area contributed by atoms with E-state index in [1.165, 1.54) is 30.6 Å². The summed E-state index contributed by atoms with van der Waals surface area (Å²) in [5.41, 5.74) is 1.99. The van der Waals surface area contributed by atoms with E-state index in [0.29, 0.717) is 5.25 Å². The molecule has 1 amide bonds. The van der Waals surface area contributed by atoms with Gasteiger partial charge in [-0.2, -0.15) is 0 Å². The van der Waals surface area contributed by atoms with Crippen molar-refractivity contribution in [1.82, 2.24) is 5.32 Å². The number of carbonyl (C=O) groups is 1. The normalized spacial score (nSPS) is 28.3. The highest BCUT2D eigenvalue weighted by Gasteiger charge is 2.30. The van der Waals surface area contributed by atoms with Gasteiger partial charge in [0.05, 0.1) is 0 Å². The quantitative estimate of drug-likeness (QED) is 0.833. The molecule has 3 unspecified atom stereocenters. The Labute approximate surface area is 138 Å². The molecule has 2 aliphatic rings. The maximum absolute atomic E-state index is 11.9. The first-order valence-electron chi connectivity index (χ1n) is 7.56. The Hall–Kier alpha value is -0.520. The van der Waals surface area contributed by atoms with Gasteiger partial charge in [0.1, 0.15) is 6.04 Å². The highest BCUT2D eigenvalue weighted by molar-refractivity contribution is 9.10. The molecule has 0 saturated heterocycles. The number of amides is 1. The molecular formula is C16H21BrN2OS. The molecule has 114 valence electrons. The molecule has 5 heteroatoms. The van der Waals surface area contributed by atoms with Crippen LogP contribution in [-0.2, 0) is 4.79 Å². The van der Waals surface area contributed by atoms with E-state index in [-0.39, 0.29) is 11.9 Å². The van der Waals surface area contributed by atoms with Crippen molar-refractivity contribution in [3.63, 3.8) is 0 Å². The molecule has 3 atom stereocenters. The molecule has 2 N–H and O–H groups in total. The van der Waals surface area contributed by atoms with E-state index in [2.05, 4.69) is 45.6 Å².